The van der Waals surface area contributed by atoms with Gasteiger partial charge in [0.2, 0.25) is 15.9 Å². The van der Waals surface area contributed by atoms with Gasteiger partial charge in [-0.3, -0.25) is 4.79 Å². The Kier molecular flexibility index (Phi) is 6.59. The molecule has 1 saturated heterocycles. The first-order valence-corrected chi connectivity index (χ1v) is 10.9. The number of amides is 1. The molecular formula is C20H23ClN2O4S. The lowest BCUT2D eigenvalue weighted by Crippen LogP contribution is -2.45. The van der Waals surface area contributed by atoms with Crippen LogP contribution in [-0.4, -0.2) is 38.8 Å². The number of methoxy groups -OCH3 is 1. The van der Waals surface area contributed by atoms with Crippen LogP contribution in [0, 0.1) is 5.92 Å². The van der Waals surface area contributed by atoms with E-state index in [0.717, 1.165) is 5.56 Å². The molecule has 0 aliphatic carbocycles. The highest BCUT2D eigenvalue weighted by atomic mass is 35.5. The van der Waals surface area contributed by atoms with Gasteiger partial charge in [0.25, 0.3) is 0 Å². The molecule has 2 aromatic rings. The third-order valence-corrected chi connectivity index (χ3v) is 6.98. The molecule has 1 atom stereocenters. The fraction of sp³-hybridized carbons (Fsp3) is 0.350. The number of carbonyl (C=O) groups excluding carboxylic acids is 1. The largest absolute Gasteiger partial charge is 0.495 e. The van der Waals surface area contributed by atoms with Crippen LogP contribution in [0.4, 0.5) is 0 Å². The van der Waals surface area contributed by atoms with E-state index < -0.39 is 10.0 Å². The first kappa shape index (κ1) is 20.6. The van der Waals surface area contributed by atoms with Crippen molar-refractivity contribution in [3.05, 3.63) is 59.1 Å². The van der Waals surface area contributed by atoms with Gasteiger partial charge in [0.05, 0.1) is 22.9 Å². The minimum absolute atomic E-state index is 0.101. The molecule has 6 nitrogen and oxygen atoms in total. The Morgan fingerprint density at radius 3 is 2.68 bits per heavy atom. The van der Waals surface area contributed by atoms with Crippen LogP contribution in [0.25, 0.3) is 0 Å². The van der Waals surface area contributed by atoms with Gasteiger partial charge in [-0.05, 0) is 36.6 Å². The predicted molar refractivity (Wildman–Crippen MR) is 108 cm³/mol. The van der Waals surface area contributed by atoms with Crippen molar-refractivity contribution in [1.29, 1.82) is 0 Å². The summed E-state index contributed by atoms with van der Waals surface area (Å²) in [6, 6.07) is 14.0. The smallest absolute Gasteiger partial charge is 0.243 e. The number of piperidine rings is 1. The standard InChI is InChI=1S/C20H23ClN2O4S/c1-27-19-10-9-17(12-18(19)21)28(25,26)23-11-5-8-16(14-23)20(24)22-13-15-6-3-2-4-7-15/h2-4,6-7,9-10,12,16H,5,8,11,13-14H2,1H3,(H,22,24)/t16-/m0/s1. The molecule has 3 rings (SSSR count). The molecule has 0 spiro atoms. The van der Waals surface area contributed by atoms with Gasteiger partial charge in [0.1, 0.15) is 5.75 Å². The summed E-state index contributed by atoms with van der Waals surface area (Å²) in [4.78, 5) is 12.6. The average Bonchev–Trinajstić information content (AvgIpc) is 2.72. The van der Waals surface area contributed by atoms with Gasteiger partial charge >= 0.3 is 0 Å². The lowest BCUT2D eigenvalue weighted by atomic mass is 9.99. The Morgan fingerprint density at radius 1 is 1.25 bits per heavy atom. The van der Waals surface area contributed by atoms with Crippen LogP contribution in [0.3, 0.4) is 0 Å². The van der Waals surface area contributed by atoms with Gasteiger partial charge in [-0.15, -0.1) is 0 Å². The van der Waals surface area contributed by atoms with Crippen molar-refractivity contribution in [3.8, 4) is 5.75 Å². The van der Waals surface area contributed by atoms with E-state index in [1.807, 2.05) is 30.3 Å². The highest BCUT2D eigenvalue weighted by Gasteiger charge is 2.33. The number of nitrogens with zero attached hydrogens (tertiary/aromatic N) is 1. The normalized spacial score (nSPS) is 17.9. The monoisotopic (exact) mass is 422 g/mol. The van der Waals surface area contributed by atoms with Crippen molar-refractivity contribution in [2.45, 2.75) is 24.3 Å². The van der Waals surface area contributed by atoms with Gasteiger partial charge in [-0.25, -0.2) is 8.42 Å². The van der Waals surface area contributed by atoms with E-state index in [4.69, 9.17) is 16.3 Å². The van der Waals surface area contributed by atoms with E-state index >= 15 is 0 Å². The lowest BCUT2D eigenvalue weighted by molar-refractivity contribution is -0.126. The number of halogens is 1. The van der Waals surface area contributed by atoms with Crippen LogP contribution in [0.2, 0.25) is 5.02 Å². The molecule has 1 heterocycles. The molecule has 8 heteroatoms. The Hall–Kier alpha value is -2.09. The molecule has 0 aromatic heterocycles. The topological polar surface area (TPSA) is 75.7 Å². The van der Waals surface area contributed by atoms with Crippen molar-refractivity contribution in [1.82, 2.24) is 9.62 Å². The molecule has 0 bridgehead atoms. The number of hydrogen-bond acceptors (Lipinski definition) is 4. The van der Waals surface area contributed by atoms with Gasteiger partial charge in [0.15, 0.2) is 0 Å². The third-order valence-electron chi connectivity index (χ3n) is 4.83. The highest BCUT2D eigenvalue weighted by Crippen LogP contribution is 2.30. The second-order valence-electron chi connectivity index (χ2n) is 6.70. The minimum Gasteiger partial charge on any atom is -0.495 e. The van der Waals surface area contributed by atoms with E-state index in [0.29, 0.717) is 31.7 Å². The molecule has 0 saturated carbocycles. The molecule has 0 unspecified atom stereocenters. The van der Waals surface area contributed by atoms with Gasteiger partial charge in [-0.2, -0.15) is 4.31 Å². The Labute approximate surface area is 170 Å². The average molecular weight is 423 g/mol. The summed E-state index contributed by atoms with van der Waals surface area (Å²) in [5, 5.41) is 3.14. The van der Waals surface area contributed by atoms with E-state index in [1.54, 1.807) is 0 Å². The summed E-state index contributed by atoms with van der Waals surface area (Å²) in [5.41, 5.74) is 1.00. The van der Waals surface area contributed by atoms with Crippen LogP contribution in [0.5, 0.6) is 5.75 Å². The van der Waals surface area contributed by atoms with Crippen LogP contribution < -0.4 is 10.1 Å². The fourth-order valence-electron chi connectivity index (χ4n) is 3.26. The van der Waals surface area contributed by atoms with Crippen LogP contribution in [0.1, 0.15) is 18.4 Å². The van der Waals surface area contributed by atoms with Gasteiger partial charge < -0.3 is 10.1 Å². The van der Waals surface area contributed by atoms with E-state index in [9.17, 15) is 13.2 Å². The maximum atomic E-state index is 13.0. The number of hydrogen-bond donors (Lipinski definition) is 1. The van der Waals surface area contributed by atoms with E-state index in [-0.39, 0.29) is 28.3 Å². The molecular weight excluding hydrogens is 400 g/mol. The Balaban J connectivity index is 1.68. The predicted octanol–water partition coefficient (Wildman–Crippen LogP) is 3.07. The van der Waals surface area contributed by atoms with E-state index in [2.05, 4.69) is 5.32 Å². The summed E-state index contributed by atoms with van der Waals surface area (Å²) in [6.45, 7) is 0.970. The molecule has 2 aromatic carbocycles. The number of sulfonamides is 1. The molecule has 1 fully saturated rings. The van der Waals surface area contributed by atoms with Crippen molar-refractivity contribution in [2.75, 3.05) is 20.2 Å². The van der Waals surface area contributed by atoms with Crippen LogP contribution in [0.15, 0.2) is 53.4 Å². The van der Waals surface area contributed by atoms with Gasteiger partial charge in [-0.1, -0.05) is 41.9 Å². The first-order valence-electron chi connectivity index (χ1n) is 9.07. The summed E-state index contributed by atoms with van der Waals surface area (Å²) < 4.78 is 32.4. The first-order chi connectivity index (χ1) is 13.4. The Bertz CT molecular complexity index is 934. The minimum atomic E-state index is -3.73. The number of carbonyl (C=O) groups is 1. The molecule has 28 heavy (non-hydrogen) atoms. The zero-order chi connectivity index (χ0) is 20.1. The second-order valence-corrected chi connectivity index (χ2v) is 9.05. The second kappa shape index (κ2) is 8.94. The number of benzene rings is 2. The molecule has 1 N–H and O–H groups in total. The summed E-state index contributed by atoms with van der Waals surface area (Å²) in [6.07, 6.45) is 1.29. The van der Waals surface area contributed by atoms with Crippen molar-refractivity contribution in [3.63, 3.8) is 0 Å². The number of rotatable bonds is 6. The summed E-state index contributed by atoms with van der Waals surface area (Å²) >= 11 is 6.08. The maximum Gasteiger partial charge on any atom is 0.243 e. The van der Waals surface area contributed by atoms with Gasteiger partial charge in [0, 0.05) is 19.6 Å². The molecule has 1 aliphatic rings. The third kappa shape index (κ3) is 4.66. The summed E-state index contributed by atoms with van der Waals surface area (Å²) in [7, 11) is -2.26. The number of ether oxygens (including phenoxy) is 1. The number of nitrogens with one attached hydrogen (secondary N) is 1. The Morgan fingerprint density at radius 2 is 2.00 bits per heavy atom. The molecule has 1 amide bonds. The quantitative estimate of drug-likeness (QED) is 0.776. The SMILES string of the molecule is COc1ccc(S(=O)(=O)N2CCC[C@H](C(=O)NCc3ccccc3)C2)cc1Cl. The molecule has 0 radical (unpaired) electrons. The lowest BCUT2D eigenvalue weighted by Gasteiger charge is -2.31. The van der Waals surface area contributed by atoms with Crippen LogP contribution in [-0.2, 0) is 21.4 Å². The van der Waals surface area contributed by atoms with Crippen LogP contribution >= 0.6 is 11.6 Å². The zero-order valence-electron chi connectivity index (χ0n) is 15.6. The van der Waals surface area contributed by atoms with Crippen molar-refractivity contribution < 1.29 is 17.9 Å². The maximum absolute atomic E-state index is 13.0. The van der Waals surface area contributed by atoms with Crippen molar-refractivity contribution in [2.24, 2.45) is 5.92 Å². The molecule has 150 valence electrons. The van der Waals surface area contributed by atoms with Crippen molar-refractivity contribution >= 4 is 27.5 Å². The zero-order valence-corrected chi connectivity index (χ0v) is 17.2. The van der Waals surface area contributed by atoms with E-state index in [1.165, 1.54) is 29.6 Å². The summed E-state index contributed by atoms with van der Waals surface area (Å²) in [5.74, 6) is -0.0881. The fourth-order valence-corrected chi connectivity index (χ4v) is 5.13. The molecule has 1 aliphatic heterocycles. The highest BCUT2D eigenvalue weighted by molar-refractivity contribution is 7.89.